The van der Waals surface area contributed by atoms with Gasteiger partial charge in [0.05, 0.1) is 0 Å². The fourth-order valence-electron chi connectivity index (χ4n) is 2.98. The van der Waals surface area contributed by atoms with E-state index in [1.165, 1.54) is 19.3 Å². The van der Waals surface area contributed by atoms with Crippen LogP contribution in [0.25, 0.3) is 0 Å². The molecule has 2 atom stereocenters. The van der Waals surface area contributed by atoms with Gasteiger partial charge in [-0.15, -0.1) is 0 Å². The van der Waals surface area contributed by atoms with E-state index >= 15 is 0 Å². The van der Waals surface area contributed by atoms with Crippen LogP contribution in [0.5, 0.6) is 5.75 Å². The average Bonchev–Trinajstić information content (AvgIpc) is 2.48. The molecule has 118 valence electrons. The van der Waals surface area contributed by atoms with Gasteiger partial charge in [0, 0.05) is 36.2 Å². The first-order valence-electron chi connectivity index (χ1n) is 8.08. The van der Waals surface area contributed by atoms with Gasteiger partial charge in [-0.3, -0.25) is 4.90 Å². The summed E-state index contributed by atoms with van der Waals surface area (Å²) in [7, 11) is 0. The van der Waals surface area contributed by atoms with Gasteiger partial charge in [0.2, 0.25) is 0 Å². The van der Waals surface area contributed by atoms with Crippen LogP contribution in [0.15, 0.2) is 28.7 Å². The van der Waals surface area contributed by atoms with E-state index in [0.29, 0.717) is 12.1 Å². The van der Waals surface area contributed by atoms with Crippen molar-refractivity contribution >= 4 is 15.9 Å². The highest BCUT2D eigenvalue weighted by Gasteiger charge is 2.25. The molecule has 2 unspecified atom stereocenters. The van der Waals surface area contributed by atoms with Gasteiger partial charge in [0.1, 0.15) is 12.4 Å². The number of ether oxygens (including phenoxy) is 1. The van der Waals surface area contributed by atoms with Gasteiger partial charge in [0.15, 0.2) is 0 Å². The SMILES string of the molecule is CCCC1CN(CCOc2cccc(Br)c2)C(CC)CN1. The van der Waals surface area contributed by atoms with Crippen molar-refractivity contribution in [2.24, 2.45) is 0 Å². The predicted octanol–water partition coefficient (Wildman–Crippen LogP) is 3.68. The van der Waals surface area contributed by atoms with Crippen LogP contribution in [0, 0.1) is 0 Å². The first-order valence-corrected chi connectivity index (χ1v) is 8.88. The zero-order valence-corrected chi connectivity index (χ0v) is 14.7. The molecule has 0 spiro atoms. The Labute approximate surface area is 137 Å². The van der Waals surface area contributed by atoms with Crippen molar-refractivity contribution in [2.45, 2.75) is 45.2 Å². The second-order valence-electron chi connectivity index (χ2n) is 5.76. The van der Waals surface area contributed by atoms with Gasteiger partial charge < -0.3 is 10.1 Å². The molecule has 4 heteroatoms. The van der Waals surface area contributed by atoms with E-state index in [4.69, 9.17) is 4.74 Å². The number of nitrogens with one attached hydrogen (secondary N) is 1. The summed E-state index contributed by atoms with van der Waals surface area (Å²) < 4.78 is 6.95. The summed E-state index contributed by atoms with van der Waals surface area (Å²) in [5, 5.41) is 3.68. The number of hydrogen-bond acceptors (Lipinski definition) is 3. The van der Waals surface area contributed by atoms with E-state index < -0.39 is 0 Å². The number of piperazine rings is 1. The van der Waals surface area contributed by atoms with Crippen molar-refractivity contribution < 1.29 is 4.74 Å². The third-order valence-corrected chi connectivity index (χ3v) is 4.66. The normalized spacial score (nSPS) is 23.2. The van der Waals surface area contributed by atoms with Gasteiger partial charge in [-0.2, -0.15) is 0 Å². The third kappa shape index (κ3) is 5.28. The Kier molecular flexibility index (Phi) is 7.00. The van der Waals surface area contributed by atoms with Crippen molar-refractivity contribution in [1.29, 1.82) is 0 Å². The minimum atomic E-state index is 0.642. The van der Waals surface area contributed by atoms with Gasteiger partial charge in [0.25, 0.3) is 0 Å². The molecule has 1 saturated heterocycles. The quantitative estimate of drug-likeness (QED) is 0.808. The lowest BCUT2D eigenvalue weighted by atomic mass is 10.0. The van der Waals surface area contributed by atoms with E-state index in [0.717, 1.165) is 36.5 Å². The minimum Gasteiger partial charge on any atom is -0.492 e. The van der Waals surface area contributed by atoms with E-state index in [1.54, 1.807) is 0 Å². The largest absolute Gasteiger partial charge is 0.492 e. The Hall–Kier alpha value is -0.580. The van der Waals surface area contributed by atoms with Gasteiger partial charge in [-0.1, -0.05) is 42.3 Å². The maximum atomic E-state index is 5.89. The Morgan fingerprint density at radius 1 is 1.38 bits per heavy atom. The molecule has 21 heavy (non-hydrogen) atoms. The molecule has 1 aliphatic rings. The first-order chi connectivity index (χ1) is 10.2. The van der Waals surface area contributed by atoms with E-state index in [1.807, 2.05) is 24.3 Å². The second-order valence-corrected chi connectivity index (χ2v) is 6.67. The molecular weight excluding hydrogens is 328 g/mol. The third-order valence-electron chi connectivity index (χ3n) is 4.17. The summed E-state index contributed by atoms with van der Waals surface area (Å²) in [4.78, 5) is 2.59. The molecule has 0 amide bonds. The summed E-state index contributed by atoms with van der Waals surface area (Å²) in [6, 6.07) is 9.35. The molecule has 0 aliphatic carbocycles. The highest BCUT2D eigenvalue weighted by atomic mass is 79.9. The molecule has 1 fully saturated rings. The first kappa shape index (κ1) is 16.8. The molecule has 0 aromatic heterocycles. The Bertz CT molecular complexity index is 427. The summed E-state index contributed by atoms with van der Waals surface area (Å²) in [5.74, 6) is 0.942. The van der Waals surface area contributed by atoms with E-state index in [-0.39, 0.29) is 0 Å². The molecule has 1 N–H and O–H groups in total. The lowest BCUT2D eigenvalue weighted by molar-refractivity contribution is 0.104. The van der Waals surface area contributed by atoms with Crippen LogP contribution in [-0.2, 0) is 0 Å². The number of nitrogens with zero attached hydrogens (tertiary/aromatic N) is 1. The average molecular weight is 355 g/mol. The highest BCUT2D eigenvalue weighted by Crippen LogP contribution is 2.18. The van der Waals surface area contributed by atoms with Gasteiger partial charge in [-0.25, -0.2) is 0 Å². The van der Waals surface area contributed by atoms with Crippen molar-refractivity contribution in [1.82, 2.24) is 10.2 Å². The molecule has 1 heterocycles. The van der Waals surface area contributed by atoms with Crippen molar-refractivity contribution in [3.05, 3.63) is 28.7 Å². The Balaban J connectivity index is 1.81. The van der Waals surface area contributed by atoms with Crippen LogP contribution in [0.4, 0.5) is 0 Å². The van der Waals surface area contributed by atoms with Crippen molar-refractivity contribution in [2.75, 3.05) is 26.2 Å². The number of hydrogen-bond donors (Lipinski definition) is 1. The zero-order valence-electron chi connectivity index (χ0n) is 13.1. The second kappa shape index (κ2) is 8.76. The fraction of sp³-hybridized carbons (Fsp3) is 0.647. The summed E-state index contributed by atoms with van der Waals surface area (Å²) in [5.41, 5.74) is 0. The van der Waals surface area contributed by atoms with Crippen LogP contribution >= 0.6 is 15.9 Å². The number of rotatable bonds is 7. The lowest BCUT2D eigenvalue weighted by Gasteiger charge is -2.40. The molecular formula is C17H27BrN2O. The maximum absolute atomic E-state index is 5.89. The zero-order chi connectivity index (χ0) is 15.1. The van der Waals surface area contributed by atoms with E-state index in [2.05, 4.69) is 40.0 Å². The van der Waals surface area contributed by atoms with Crippen LogP contribution in [0.2, 0.25) is 0 Å². The topological polar surface area (TPSA) is 24.5 Å². The molecule has 1 aromatic rings. The molecule has 1 aliphatic heterocycles. The fourth-order valence-corrected chi connectivity index (χ4v) is 3.36. The van der Waals surface area contributed by atoms with E-state index in [9.17, 15) is 0 Å². The minimum absolute atomic E-state index is 0.642. The number of halogens is 1. The van der Waals surface area contributed by atoms with Crippen LogP contribution in [0.1, 0.15) is 33.1 Å². The number of benzene rings is 1. The monoisotopic (exact) mass is 354 g/mol. The van der Waals surface area contributed by atoms with Crippen molar-refractivity contribution in [3.63, 3.8) is 0 Å². The van der Waals surface area contributed by atoms with Gasteiger partial charge >= 0.3 is 0 Å². The maximum Gasteiger partial charge on any atom is 0.120 e. The molecule has 1 aromatic carbocycles. The molecule has 2 rings (SSSR count). The smallest absolute Gasteiger partial charge is 0.120 e. The Morgan fingerprint density at radius 2 is 2.24 bits per heavy atom. The van der Waals surface area contributed by atoms with Crippen molar-refractivity contribution in [3.8, 4) is 5.75 Å². The molecule has 0 bridgehead atoms. The van der Waals surface area contributed by atoms with Crippen LogP contribution in [0.3, 0.4) is 0 Å². The Morgan fingerprint density at radius 3 is 2.95 bits per heavy atom. The van der Waals surface area contributed by atoms with Crippen LogP contribution < -0.4 is 10.1 Å². The lowest BCUT2D eigenvalue weighted by Crippen LogP contribution is -2.56. The summed E-state index contributed by atoms with van der Waals surface area (Å²) in [6.45, 7) is 8.55. The standard InChI is InChI=1S/C17H27BrN2O/c1-3-6-15-13-20(16(4-2)12-19-15)9-10-21-17-8-5-7-14(18)11-17/h5,7-8,11,15-16,19H,3-4,6,9-10,12-13H2,1-2H3. The molecule has 0 radical (unpaired) electrons. The molecule has 0 saturated carbocycles. The summed E-state index contributed by atoms with van der Waals surface area (Å²) >= 11 is 3.48. The predicted molar refractivity (Wildman–Crippen MR) is 92.0 cm³/mol. The van der Waals surface area contributed by atoms with Gasteiger partial charge in [-0.05, 0) is 31.0 Å². The highest BCUT2D eigenvalue weighted by molar-refractivity contribution is 9.10. The summed E-state index contributed by atoms with van der Waals surface area (Å²) in [6.07, 6.45) is 3.71. The van der Waals surface area contributed by atoms with Crippen LogP contribution in [-0.4, -0.2) is 43.2 Å². The molecule has 3 nitrogen and oxygen atoms in total.